The van der Waals surface area contributed by atoms with Gasteiger partial charge in [-0.3, -0.25) is 4.79 Å². The maximum Gasteiger partial charge on any atom is 0.287 e. The molecule has 1 N–H and O–H groups in total. The van der Waals surface area contributed by atoms with Crippen LogP contribution < -0.4 is 5.32 Å². The Morgan fingerprint density at radius 1 is 1.08 bits per heavy atom. The van der Waals surface area contributed by atoms with Gasteiger partial charge in [-0.1, -0.05) is 35.5 Å². The molecule has 3 aromatic heterocycles. The van der Waals surface area contributed by atoms with Crippen molar-refractivity contribution in [1.82, 2.24) is 15.5 Å². The Kier molecular flexibility index (Phi) is 4.14. The van der Waals surface area contributed by atoms with Crippen LogP contribution in [0.1, 0.15) is 15.4 Å². The molecule has 0 saturated carbocycles. The molecule has 6 nitrogen and oxygen atoms in total. The highest BCUT2D eigenvalue weighted by Gasteiger charge is 2.13. The van der Waals surface area contributed by atoms with E-state index in [1.54, 1.807) is 12.1 Å². The average Bonchev–Trinajstić information content (AvgIpc) is 3.41. The van der Waals surface area contributed by atoms with E-state index in [1.807, 2.05) is 42.5 Å². The minimum atomic E-state index is -0.246. The maximum absolute atomic E-state index is 11.9. The van der Waals surface area contributed by atoms with Gasteiger partial charge in [0.2, 0.25) is 5.82 Å². The molecule has 0 aliphatic rings. The zero-order valence-corrected chi connectivity index (χ0v) is 13.8. The first-order valence-corrected chi connectivity index (χ1v) is 8.41. The van der Waals surface area contributed by atoms with Gasteiger partial charge in [-0.15, -0.1) is 11.3 Å². The first-order chi connectivity index (χ1) is 12.3. The Hall–Kier alpha value is -3.19. The highest BCUT2D eigenvalue weighted by atomic mass is 32.1. The third-order valence-corrected chi connectivity index (χ3v) is 4.57. The van der Waals surface area contributed by atoms with Crippen molar-refractivity contribution in [2.75, 3.05) is 0 Å². The highest BCUT2D eigenvalue weighted by molar-refractivity contribution is 7.15. The molecular weight excluding hydrogens is 338 g/mol. The number of hydrogen-bond acceptors (Lipinski definition) is 6. The van der Waals surface area contributed by atoms with Gasteiger partial charge in [0.1, 0.15) is 0 Å². The van der Waals surface area contributed by atoms with Gasteiger partial charge in [0.25, 0.3) is 11.8 Å². The van der Waals surface area contributed by atoms with Gasteiger partial charge < -0.3 is 14.3 Å². The number of nitrogens with one attached hydrogen (secondary N) is 1. The third kappa shape index (κ3) is 3.36. The lowest BCUT2D eigenvalue weighted by Gasteiger charge is -1.99. The van der Waals surface area contributed by atoms with Crippen molar-refractivity contribution < 1.29 is 13.7 Å². The van der Waals surface area contributed by atoms with Crippen molar-refractivity contribution in [3.63, 3.8) is 0 Å². The number of hydrogen-bond donors (Lipinski definition) is 1. The standard InChI is InChI=1S/C18H13N3O3S/c22-17(14-7-4-10-23-14)19-11-13-8-9-15(25-13)18-20-16(21-24-18)12-5-2-1-3-6-12/h1-10H,11H2,(H,19,22). The van der Waals surface area contributed by atoms with E-state index in [2.05, 4.69) is 15.5 Å². The van der Waals surface area contributed by atoms with E-state index in [-0.39, 0.29) is 5.91 Å². The first-order valence-electron chi connectivity index (χ1n) is 7.59. The van der Waals surface area contributed by atoms with Crippen molar-refractivity contribution >= 4 is 17.2 Å². The van der Waals surface area contributed by atoms with Crippen LogP contribution in [0.25, 0.3) is 22.2 Å². The van der Waals surface area contributed by atoms with Crippen LogP contribution in [-0.2, 0) is 6.54 Å². The molecule has 4 aromatic rings. The number of carbonyl (C=O) groups is 1. The molecule has 3 heterocycles. The molecule has 0 bridgehead atoms. The average molecular weight is 351 g/mol. The molecule has 0 fully saturated rings. The number of furan rings is 1. The first kappa shape index (κ1) is 15.3. The fourth-order valence-electron chi connectivity index (χ4n) is 2.28. The van der Waals surface area contributed by atoms with Gasteiger partial charge in [-0.05, 0) is 24.3 Å². The fourth-order valence-corrected chi connectivity index (χ4v) is 3.15. The maximum atomic E-state index is 11.9. The molecule has 25 heavy (non-hydrogen) atoms. The van der Waals surface area contributed by atoms with Crippen LogP contribution in [0.4, 0.5) is 0 Å². The summed E-state index contributed by atoms with van der Waals surface area (Å²) >= 11 is 1.49. The minimum Gasteiger partial charge on any atom is -0.459 e. The largest absolute Gasteiger partial charge is 0.459 e. The Bertz CT molecular complexity index is 974. The summed E-state index contributed by atoms with van der Waals surface area (Å²) in [7, 11) is 0. The fraction of sp³-hybridized carbons (Fsp3) is 0.0556. The third-order valence-electron chi connectivity index (χ3n) is 3.50. The number of rotatable bonds is 5. The smallest absolute Gasteiger partial charge is 0.287 e. The van der Waals surface area contributed by atoms with E-state index in [4.69, 9.17) is 8.94 Å². The number of aromatic nitrogens is 2. The van der Waals surface area contributed by atoms with E-state index in [1.165, 1.54) is 17.6 Å². The summed E-state index contributed by atoms with van der Waals surface area (Å²) in [5, 5.41) is 6.83. The summed E-state index contributed by atoms with van der Waals surface area (Å²) in [5.74, 6) is 1.06. The van der Waals surface area contributed by atoms with E-state index in [9.17, 15) is 4.79 Å². The predicted molar refractivity (Wildman–Crippen MR) is 92.9 cm³/mol. The van der Waals surface area contributed by atoms with Crippen LogP contribution >= 0.6 is 11.3 Å². The Morgan fingerprint density at radius 2 is 1.96 bits per heavy atom. The van der Waals surface area contributed by atoms with Gasteiger partial charge in [0, 0.05) is 10.4 Å². The molecule has 0 atom stereocenters. The second-order valence-corrected chi connectivity index (χ2v) is 6.38. The predicted octanol–water partition coefficient (Wildman–Crippen LogP) is 3.99. The summed E-state index contributed by atoms with van der Waals surface area (Å²) in [5.41, 5.74) is 0.903. The monoisotopic (exact) mass is 351 g/mol. The van der Waals surface area contributed by atoms with E-state index in [0.29, 0.717) is 24.0 Å². The molecule has 1 amide bonds. The second kappa shape index (κ2) is 6.74. The Labute approximate surface area is 147 Å². The van der Waals surface area contributed by atoms with Crippen LogP contribution in [-0.4, -0.2) is 16.0 Å². The van der Waals surface area contributed by atoms with Crippen LogP contribution in [0.2, 0.25) is 0 Å². The van der Waals surface area contributed by atoms with Crippen molar-refractivity contribution in [2.45, 2.75) is 6.54 Å². The molecule has 0 aliphatic heterocycles. The second-order valence-electron chi connectivity index (χ2n) is 5.22. The van der Waals surface area contributed by atoms with Gasteiger partial charge in [0.05, 0.1) is 17.7 Å². The summed E-state index contributed by atoms with van der Waals surface area (Å²) in [6.07, 6.45) is 1.47. The molecule has 124 valence electrons. The van der Waals surface area contributed by atoms with Crippen molar-refractivity contribution in [1.29, 1.82) is 0 Å². The van der Waals surface area contributed by atoms with Gasteiger partial charge in [0.15, 0.2) is 5.76 Å². The zero-order valence-electron chi connectivity index (χ0n) is 13.0. The summed E-state index contributed by atoms with van der Waals surface area (Å²) in [4.78, 5) is 18.1. The molecule has 0 unspecified atom stereocenters. The number of benzene rings is 1. The quantitative estimate of drug-likeness (QED) is 0.588. The molecule has 7 heteroatoms. The van der Waals surface area contributed by atoms with Gasteiger partial charge >= 0.3 is 0 Å². The van der Waals surface area contributed by atoms with E-state index in [0.717, 1.165) is 15.3 Å². The minimum absolute atomic E-state index is 0.246. The summed E-state index contributed by atoms with van der Waals surface area (Å²) in [6.45, 7) is 0.407. The van der Waals surface area contributed by atoms with Crippen LogP contribution in [0.5, 0.6) is 0 Å². The summed E-state index contributed by atoms with van der Waals surface area (Å²) in [6, 6.07) is 16.8. The van der Waals surface area contributed by atoms with Crippen LogP contribution in [0.15, 0.2) is 69.8 Å². The lowest BCUT2D eigenvalue weighted by atomic mass is 10.2. The lowest BCUT2D eigenvalue weighted by Crippen LogP contribution is -2.21. The molecule has 1 aromatic carbocycles. The van der Waals surface area contributed by atoms with Crippen molar-refractivity contribution in [2.24, 2.45) is 0 Å². The number of carbonyl (C=O) groups excluding carboxylic acids is 1. The molecule has 0 spiro atoms. The number of nitrogens with zero attached hydrogens (tertiary/aromatic N) is 2. The molecular formula is C18H13N3O3S. The summed E-state index contributed by atoms with van der Waals surface area (Å²) < 4.78 is 10.4. The lowest BCUT2D eigenvalue weighted by molar-refractivity contribution is 0.0923. The number of thiophene rings is 1. The zero-order chi connectivity index (χ0) is 17.1. The Balaban J connectivity index is 1.45. The van der Waals surface area contributed by atoms with Gasteiger partial charge in [-0.2, -0.15) is 4.98 Å². The SMILES string of the molecule is O=C(NCc1ccc(-c2nc(-c3ccccc3)no2)s1)c1ccco1. The van der Waals surface area contributed by atoms with Crippen LogP contribution in [0.3, 0.4) is 0 Å². The molecule has 4 rings (SSSR count). The van der Waals surface area contributed by atoms with E-state index < -0.39 is 0 Å². The Morgan fingerprint density at radius 3 is 2.76 bits per heavy atom. The topological polar surface area (TPSA) is 81.2 Å². The molecule has 0 radical (unpaired) electrons. The molecule has 0 saturated heterocycles. The highest BCUT2D eigenvalue weighted by Crippen LogP contribution is 2.28. The van der Waals surface area contributed by atoms with Crippen molar-refractivity contribution in [3.8, 4) is 22.2 Å². The van der Waals surface area contributed by atoms with E-state index >= 15 is 0 Å². The van der Waals surface area contributed by atoms with Crippen LogP contribution in [0, 0.1) is 0 Å². The number of amides is 1. The normalized spacial score (nSPS) is 10.7. The van der Waals surface area contributed by atoms with Crippen molar-refractivity contribution in [3.05, 3.63) is 71.5 Å². The van der Waals surface area contributed by atoms with Gasteiger partial charge in [-0.25, -0.2) is 0 Å². The molecule has 0 aliphatic carbocycles.